The van der Waals surface area contributed by atoms with Gasteiger partial charge in [0, 0.05) is 38.4 Å². The Labute approximate surface area is 173 Å². The fraction of sp³-hybridized carbons (Fsp3) is 0.545. The summed E-state index contributed by atoms with van der Waals surface area (Å²) in [5.74, 6) is 4.09. The van der Waals surface area contributed by atoms with Crippen molar-refractivity contribution in [1.29, 1.82) is 0 Å². The third kappa shape index (κ3) is 5.97. The first-order chi connectivity index (χ1) is 14.1. The maximum Gasteiger partial charge on any atom is 0.224 e. The van der Waals surface area contributed by atoms with Gasteiger partial charge in [-0.1, -0.05) is 0 Å². The van der Waals surface area contributed by atoms with Gasteiger partial charge in [0.15, 0.2) is 0 Å². The highest BCUT2D eigenvalue weighted by molar-refractivity contribution is 5.41. The van der Waals surface area contributed by atoms with E-state index in [0.717, 1.165) is 54.8 Å². The minimum atomic E-state index is 0.446. The molecular formula is C22H33N5O2. The number of methoxy groups -OCH3 is 2. The number of rotatable bonds is 9. The smallest absolute Gasteiger partial charge is 0.224 e. The summed E-state index contributed by atoms with van der Waals surface area (Å²) in [6, 6.07) is 8.29. The lowest BCUT2D eigenvalue weighted by atomic mass is 9.86. The lowest BCUT2D eigenvalue weighted by Gasteiger charge is -2.29. The summed E-state index contributed by atoms with van der Waals surface area (Å²) in [6.07, 6.45) is 6.50. The molecule has 0 aliphatic heterocycles. The normalized spacial score (nSPS) is 18.9. The van der Waals surface area contributed by atoms with Crippen molar-refractivity contribution in [2.45, 2.75) is 38.3 Å². The van der Waals surface area contributed by atoms with E-state index in [1.54, 1.807) is 14.2 Å². The average molecular weight is 400 g/mol. The van der Waals surface area contributed by atoms with Gasteiger partial charge in [-0.25, -0.2) is 4.98 Å². The van der Waals surface area contributed by atoms with E-state index < -0.39 is 0 Å². The van der Waals surface area contributed by atoms with Gasteiger partial charge in [0.1, 0.15) is 17.3 Å². The molecule has 0 atom stereocenters. The number of nitrogens with one attached hydrogen (secondary N) is 2. The summed E-state index contributed by atoms with van der Waals surface area (Å²) in [7, 11) is 7.38. The summed E-state index contributed by atoms with van der Waals surface area (Å²) in [5.41, 5.74) is 1.13. The molecule has 1 heterocycles. The number of ether oxygens (including phenoxy) is 2. The molecule has 2 N–H and O–H groups in total. The van der Waals surface area contributed by atoms with Crippen LogP contribution >= 0.6 is 0 Å². The van der Waals surface area contributed by atoms with E-state index in [2.05, 4.69) is 20.6 Å². The zero-order valence-corrected chi connectivity index (χ0v) is 17.9. The van der Waals surface area contributed by atoms with Gasteiger partial charge in [-0.15, -0.1) is 0 Å². The van der Waals surface area contributed by atoms with Crippen LogP contribution < -0.4 is 25.0 Å². The van der Waals surface area contributed by atoms with Crippen molar-refractivity contribution in [2.24, 2.45) is 5.92 Å². The molecule has 0 radical (unpaired) electrons. The molecule has 0 spiro atoms. The quantitative estimate of drug-likeness (QED) is 0.670. The molecule has 0 amide bonds. The van der Waals surface area contributed by atoms with Crippen molar-refractivity contribution in [3.8, 4) is 11.5 Å². The fourth-order valence-corrected chi connectivity index (χ4v) is 3.79. The number of nitrogens with zero attached hydrogens (tertiary/aromatic N) is 3. The molecule has 29 heavy (non-hydrogen) atoms. The Bertz CT molecular complexity index is 776. The topological polar surface area (TPSA) is 71.5 Å². The lowest BCUT2D eigenvalue weighted by molar-refractivity contribution is 0.322. The highest BCUT2D eigenvalue weighted by Gasteiger charge is 2.21. The zero-order chi connectivity index (χ0) is 20.6. The van der Waals surface area contributed by atoms with E-state index in [4.69, 9.17) is 9.47 Å². The Morgan fingerprint density at radius 3 is 2.55 bits per heavy atom. The SMILES string of the molecule is COc1ccc(OC)c(CNC[C@H]2CC[C@@H](Nc3nccc(N(C)C)n3)CC2)c1. The first-order valence-electron chi connectivity index (χ1n) is 10.3. The number of benzene rings is 1. The second kappa shape index (κ2) is 10.3. The standard InChI is InChI=1S/C22H33N5O2/c1-27(2)21-11-12-24-22(26-21)25-18-7-5-16(6-8-18)14-23-15-17-13-19(28-3)9-10-20(17)29-4/h9-13,16,18,23H,5-8,14-15H2,1-4H3,(H,24,25,26)/t16-,18+. The van der Waals surface area contributed by atoms with E-state index in [9.17, 15) is 0 Å². The van der Waals surface area contributed by atoms with Crippen LogP contribution in [0.25, 0.3) is 0 Å². The molecule has 158 valence electrons. The van der Waals surface area contributed by atoms with Crippen molar-refractivity contribution in [2.75, 3.05) is 45.1 Å². The Morgan fingerprint density at radius 2 is 1.86 bits per heavy atom. The van der Waals surface area contributed by atoms with Gasteiger partial charge in [0.05, 0.1) is 14.2 Å². The van der Waals surface area contributed by atoms with E-state index in [1.165, 1.54) is 12.8 Å². The Balaban J connectivity index is 1.43. The van der Waals surface area contributed by atoms with Crippen LogP contribution in [-0.2, 0) is 6.54 Å². The predicted octanol–water partition coefficient (Wildman–Crippen LogP) is 3.32. The van der Waals surface area contributed by atoms with Crippen molar-refractivity contribution in [3.63, 3.8) is 0 Å². The molecule has 3 rings (SSSR count). The lowest BCUT2D eigenvalue weighted by Crippen LogP contribution is -2.31. The van der Waals surface area contributed by atoms with Crippen LogP contribution in [0.5, 0.6) is 11.5 Å². The average Bonchev–Trinajstić information content (AvgIpc) is 2.75. The van der Waals surface area contributed by atoms with E-state index in [1.807, 2.05) is 49.5 Å². The van der Waals surface area contributed by atoms with Crippen molar-refractivity contribution in [1.82, 2.24) is 15.3 Å². The fourth-order valence-electron chi connectivity index (χ4n) is 3.79. The van der Waals surface area contributed by atoms with Crippen LogP contribution in [0.1, 0.15) is 31.2 Å². The summed E-state index contributed by atoms with van der Waals surface area (Å²) in [5, 5.41) is 7.10. The minimum absolute atomic E-state index is 0.446. The Kier molecular flexibility index (Phi) is 7.52. The second-order valence-corrected chi connectivity index (χ2v) is 7.80. The Hall–Kier alpha value is -2.54. The molecule has 7 nitrogen and oxygen atoms in total. The number of hydrogen-bond acceptors (Lipinski definition) is 7. The van der Waals surface area contributed by atoms with Gasteiger partial charge in [0.25, 0.3) is 0 Å². The van der Waals surface area contributed by atoms with Crippen LogP contribution in [0, 0.1) is 5.92 Å². The summed E-state index contributed by atoms with van der Waals surface area (Å²) in [6.45, 7) is 1.80. The second-order valence-electron chi connectivity index (χ2n) is 7.80. The third-order valence-corrected chi connectivity index (χ3v) is 5.52. The van der Waals surface area contributed by atoms with E-state index in [-0.39, 0.29) is 0 Å². The van der Waals surface area contributed by atoms with Crippen molar-refractivity contribution in [3.05, 3.63) is 36.0 Å². The van der Waals surface area contributed by atoms with Crippen LogP contribution in [0.4, 0.5) is 11.8 Å². The molecule has 7 heteroatoms. The first kappa shape index (κ1) is 21.2. The third-order valence-electron chi connectivity index (χ3n) is 5.52. The van der Waals surface area contributed by atoms with Gasteiger partial charge < -0.3 is 25.0 Å². The number of hydrogen-bond donors (Lipinski definition) is 2. The molecule has 1 aromatic carbocycles. The molecule has 0 unspecified atom stereocenters. The van der Waals surface area contributed by atoms with E-state index in [0.29, 0.717) is 12.0 Å². The minimum Gasteiger partial charge on any atom is -0.497 e. The number of anilines is 2. The Morgan fingerprint density at radius 1 is 1.07 bits per heavy atom. The molecule has 2 aromatic rings. The molecule has 0 saturated heterocycles. The maximum atomic E-state index is 5.46. The highest BCUT2D eigenvalue weighted by Crippen LogP contribution is 2.27. The van der Waals surface area contributed by atoms with Gasteiger partial charge >= 0.3 is 0 Å². The van der Waals surface area contributed by atoms with Crippen LogP contribution in [0.15, 0.2) is 30.5 Å². The molecule has 1 saturated carbocycles. The van der Waals surface area contributed by atoms with Gasteiger partial charge in [-0.3, -0.25) is 0 Å². The van der Waals surface area contributed by atoms with Gasteiger partial charge in [-0.05, 0) is 62.4 Å². The van der Waals surface area contributed by atoms with Crippen LogP contribution in [0.2, 0.25) is 0 Å². The molecule has 0 bridgehead atoms. The van der Waals surface area contributed by atoms with Gasteiger partial charge in [-0.2, -0.15) is 4.98 Å². The molecule has 1 fully saturated rings. The monoisotopic (exact) mass is 399 g/mol. The molecule has 1 aliphatic rings. The summed E-state index contributed by atoms with van der Waals surface area (Å²) >= 11 is 0. The van der Waals surface area contributed by atoms with Crippen LogP contribution in [0.3, 0.4) is 0 Å². The molecule has 1 aliphatic carbocycles. The highest BCUT2D eigenvalue weighted by atomic mass is 16.5. The first-order valence-corrected chi connectivity index (χ1v) is 10.3. The van der Waals surface area contributed by atoms with E-state index >= 15 is 0 Å². The van der Waals surface area contributed by atoms with Gasteiger partial charge in [0.2, 0.25) is 5.95 Å². The maximum absolute atomic E-state index is 5.46. The molecular weight excluding hydrogens is 366 g/mol. The van der Waals surface area contributed by atoms with Crippen molar-refractivity contribution >= 4 is 11.8 Å². The summed E-state index contributed by atoms with van der Waals surface area (Å²) < 4.78 is 10.8. The largest absolute Gasteiger partial charge is 0.497 e. The predicted molar refractivity (Wildman–Crippen MR) is 117 cm³/mol. The van der Waals surface area contributed by atoms with Crippen molar-refractivity contribution < 1.29 is 9.47 Å². The van der Waals surface area contributed by atoms with Crippen LogP contribution in [-0.4, -0.2) is 50.9 Å². The zero-order valence-electron chi connectivity index (χ0n) is 17.9. The number of aromatic nitrogens is 2. The summed E-state index contributed by atoms with van der Waals surface area (Å²) in [4.78, 5) is 10.9. The molecule has 1 aromatic heterocycles.